The third-order valence-corrected chi connectivity index (χ3v) is 4.10. The lowest BCUT2D eigenvalue weighted by molar-refractivity contribution is -0.135. The van der Waals surface area contributed by atoms with E-state index in [0.29, 0.717) is 0 Å². The largest absolute Gasteiger partial charge is 0.480 e. The zero-order chi connectivity index (χ0) is 23.8. The summed E-state index contributed by atoms with van der Waals surface area (Å²) in [4.78, 5) is 48.7. The Morgan fingerprint density at radius 3 is 2.38 bits per heavy atom. The fraction of sp³-hybridized carbons (Fsp3) is 0.190. The number of carbonyl (C=O) groups is 2. The molecule has 2 aromatic heterocycles. The van der Waals surface area contributed by atoms with Gasteiger partial charge in [-0.2, -0.15) is 0 Å². The lowest BCUT2D eigenvalue weighted by Gasteiger charge is -2.06. The van der Waals surface area contributed by atoms with Crippen molar-refractivity contribution < 1.29 is 23.5 Å². The zero-order valence-corrected chi connectivity index (χ0v) is 17.2. The van der Waals surface area contributed by atoms with Gasteiger partial charge in [0.05, 0.1) is 6.54 Å². The van der Waals surface area contributed by atoms with Gasteiger partial charge in [-0.05, 0) is 30.2 Å². The Kier molecular flexibility index (Phi) is 8.11. The van der Waals surface area contributed by atoms with Crippen molar-refractivity contribution in [1.82, 2.24) is 19.4 Å². The van der Waals surface area contributed by atoms with Gasteiger partial charge in [0, 0.05) is 31.7 Å². The van der Waals surface area contributed by atoms with E-state index in [9.17, 15) is 28.0 Å². The van der Waals surface area contributed by atoms with E-state index in [0.717, 1.165) is 29.3 Å². The van der Waals surface area contributed by atoms with Gasteiger partial charge in [-0.1, -0.05) is 12.1 Å². The first-order chi connectivity index (χ1) is 15.1. The van der Waals surface area contributed by atoms with E-state index in [1.54, 1.807) is 19.4 Å². The van der Waals surface area contributed by atoms with Gasteiger partial charge in [-0.15, -0.1) is 0 Å². The van der Waals surface area contributed by atoms with E-state index in [-0.39, 0.29) is 17.8 Å². The molecule has 0 atom stereocenters. The molecule has 0 spiro atoms. The fourth-order valence-electron chi connectivity index (χ4n) is 2.61. The Morgan fingerprint density at radius 1 is 1.12 bits per heavy atom. The molecule has 0 aliphatic rings. The zero-order valence-electron chi connectivity index (χ0n) is 17.2. The average molecular weight is 446 g/mol. The van der Waals surface area contributed by atoms with Gasteiger partial charge in [0.15, 0.2) is 0 Å². The summed E-state index contributed by atoms with van der Waals surface area (Å²) in [5.74, 6) is -4.44. The molecule has 1 amide bonds. The number of aryl methyl sites for hydroxylation is 2. The second kappa shape index (κ2) is 10.8. The summed E-state index contributed by atoms with van der Waals surface area (Å²) >= 11 is 0. The summed E-state index contributed by atoms with van der Waals surface area (Å²) in [6.07, 6.45) is 4.86. The highest BCUT2D eigenvalue weighted by atomic mass is 19.1. The summed E-state index contributed by atoms with van der Waals surface area (Å²) in [7, 11) is 1.62. The van der Waals surface area contributed by atoms with Crippen LogP contribution in [0, 0.1) is 18.6 Å². The van der Waals surface area contributed by atoms with Gasteiger partial charge >= 0.3 is 11.7 Å². The standard InChI is InChI=1S/C12H13N3O2.C9H7F2NO3/c1-9-5-10(7-13-6-9)8-15-11(16)3-4-14(2)12(15)17;10-5-2-1-3-6(11)8(5)9(15)12-4-7(13)14/h3-7H,8H2,1-2H3;1-3H,4H2,(H,12,15)(H,13,14). The highest BCUT2D eigenvalue weighted by Crippen LogP contribution is 2.11. The Morgan fingerprint density at radius 2 is 1.78 bits per heavy atom. The van der Waals surface area contributed by atoms with Gasteiger partial charge in [0.1, 0.15) is 23.7 Å². The van der Waals surface area contributed by atoms with Gasteiger partial charge in [-0.25, -0.2) is 13.6 Å². The number of carboxylic acid groups (broad SMARTS) is 1. The molecule has 3 rings (SSSR count). The minimum Gasteiger partial charge on any atom is -0.480 e. The van der Waals surface area contributed by atoms with E-state index in [4.69, 9.17) is 5.11 Å². The molecule has 11 heteroatoms. The molecule has 2 N–H and O–H groups in total. The van der Waals surface area contributed by atoms with Crippen molar-refractivity contribution in [2.24, 2.45) is 7.05 Å². The molecule has 0 aliphatic carbocycles. The van der Waals surface area contributed by atoms with Crippen LogP contribution in [-0.2, 0) is 18.4 Å². The fourth-order valence-corrected chi connectivity index (χ4v) is 2.61. The SMILES string of the molecule is Cc1cncc(Cn2c(=O)ccn(C)c2=O)c1.O=C(O)CNC(=O)c1c(F)cccc1F. The van der Waals surface area contributed by atoms with Crippen LogP contribution < -0.4 is 16.6 Å². The van der Waals surface area contributed by atoms with Crippen molar-refractivity contribution in [3.8, 4) is 0 Å². The summed E-state index contributed by atoms with van der Waals surface area (Å²) in [5, 5.41) is 10.1. The molecule has 0 radical (unpaired) electrons. The van der Waals surface area contributed by atoms with Crippen molar-refractivity contribution >= 4 is 11.9 Å². The molecule has 32 heavy (non-hydrogen) atoms. The van der Waals surface area contributed by atoms with E-state index in [1.165, 1.54) is 21.4 Å². The number of rotatable bonds is 5. The molecular formula is C21H20F2N4O5. The molecule has 0 aliphatic heterocycles. The minimum atomic E-state index is -1.29. The molecule has 3 aromatic rings. The predicted octanol–water partition coefficient (Wildman–Crippen LogP) is 1.08. The average Bonchev–Trinajstić information content (AvgIpc) is 2.73. The first-order valence-corrected chi connectivity index (χ1v) is 9.21. The number of pyridine rings is 1. The summed E-state index contributed by atoms with van der Waals surface area (Å²) < 4.78 is 28.5. The number of aliphatic carboxylic acids is 1. The molecular weight excluding hydrogens is 426 g/mol. The minimum absolute atomic E-state index is 0.251. The number of nitrogens with zero attached hydrogens (tertiary/aromatic N) is 3. The van der Waals surface area contributed by atoms with Crippen molar-refractivity contribution in [2.75, 3.05) is 6.54 Å². The molecule has 1 aromatic carbocycles. The number of carboxylic acids is 1. The first kappa shape index (κ1) is 24.1. The number of amides is 1. The van der Waals surface area contributed by atoms with Crippen LogP contribution in [0.3, 0.4) is 0 Å². The normalized spacial score (nSPS) is 10.1. The number of aromatic nitrogens is 3. The quantitative estimate of drug-likeness (QED) is 0.605. The highest BCUT2D eigenvalue weighted by molar-refractivity contribution is 5.96. The van der Waals surface area contributed by atoms with Crippen LogP contribution in [0.25, 0.3) is 0 Å². The topological polar surface area (TPSA) is 123 Å². The monoisotopic (exact) mass is 446 g/mol. The molecule has 2 heterocycles. The molecule has 168 valence electrons. The van der Waals surface area contributed by atoms with Crippen LogP contribution >= 0.6 is 0 Å². The Labute approximate surface area is 180 Å². The Bertz CT molecular complexity index is 1230. The maximum Gasteiger partial charge on any atom is 0.331 e. The van der Waals surface area contributed by atoms with Crippen LogP contribution in [0.4, 0.5) is 8.78 Å². The predicted molar refractivity (Wildman–Crippen MR) is 110 cm³/mol. The van der Waals surface area contributed by atoms with Crippen molar-refractivity contribution in [3.05, 3.63) is 98.1 Å². The second-order valence-corrected chi connectivity index (χ2v) is 6.68. The van der Waals surface area contributed by atoms with Crippen LogP contribution in [0.15, 0.2) is 58.5 Å². The maximum atomic E-state index is 13.0. The smallest absolute Gasteiger partial charge is 0.331 e. The Balaban J connectivity index is 0.000000229. The van der Waals surface area contributed by atoms with Gasteiger partial charge in [-0.3, -0.25) is 23.9 Å². The van der Waals surface area contributed by atoms with E-state index in [1.807, 2.05) is 18.3 Å². The van der Waals surface area contributed by atoms with E-state index >= 15 is 0 Å². The van der Waals surface area contributed by atoms with Gasteiger partial charge in [0.2, 0.25) is 0 Å². The number of hydrogen-bond donors (Lipinski definition) is 2. The third kappa shape index (κ3) is 6.42. The number of nitrogens with one attached hydrogen (secondary N) is 1. The lowest BCUT2D eigenvalue weighted by Crippen LogP contribution is -2.38. The third-order valence-electron chi connectivity index (χ3n) is 4.10. The molecule has 0 saturated heterocycles. The molecule has 0 fully saturated rings. The van der Waals surface area contributed by atoms with Gasteiger partial charge in [0.25, 0.3) is 11.5 Å². The Hall–Kier alpha value is -4.15. The summed E-state index contributed by atoms with van der Waals surface area (Å²) in [5.41, 5.74) is 0.450. The molecule has 0 unspecified atom stereocenters. The number of benzene rings is 1. The van der Waals surface area contributed by atoms with Crippen molar-refractivity contribution in [3.63, 3.8) is 0 Å². The lowest BCUT2D eigenvalue weighted by atomic mass is 10.2. The van der Waals surface area contributed by atoms with E-state index in [2.05, 4.69) is 4.98 Å². The van der Waals surface area contributed by atoms with Crippen LogP contribution in [-0.4, -0.2) is 37.6 Å². The summed E-state index contributed by atoms with van der Waals surface area (Å²) in [6, 6.07) is 6.23. The number of halogens is 2. The van der Waals surface area contributed by atoms with Gasteiger partial charge < -0.3 is 15.0 Å². The van der Waals surface area contributed by atoms with Crippen LogP contribution in [0.1, 0.15) is 21.5 Å². The van der Waals surface area contributed by atoms with Crippen LogP contribution in [0.2, 0.25) is 0 Å². The number of hydrogen-bond acceptors (Lipinski definition) is 5. The molecule has 9 nitrogen and oxygen atoms in total. The second-order valence-electron chi connectivity index (χ2n) is 6.68. The highest BCUT2D eigenvalue weighted by Gasteiger charge is 2.17. The summed E-state index contributed by atoms with van der Waals surface area (Å²) in [6.45, 7) is 1.48. The van der Waals surface area contributed by atoms with E-state index < -0.39 is 35.6 Å². The first-order valence-electron chi connectivity index (χ1n) is 9.21. The molecule has 0 bridgehead atoms. The maximum absolute atomic E-state index is 13.0. The van der Waals surface area contributed by atoms with Crippen molar-refractivity contribution in [2.45, 2.75) is 13.5 Å². The van der Waals surface area contributed by atoms with Crippen LogP contribution in [0.5, 0.6) is 0 Å². The number of carbonyl (C=O) groups excluding carboxylic acids is 1. The van der Waals surface area contributed by atoms with Crippen molar-refractivity contribution in [1.29, 1.82) is 0 Å². The molecule has 0 saturated carbocycles.